The summed E-state index contributed by atoms with van der Waals surface area (Å²) in [5, 5.41) is 5.82. The second kappa shape index (κ2) is 8.71. The Morgan fingerprint density at radius 1 is 0.619 bits per heavy atom. The van der Waals surface area contributed by atoms with E-state index >= 15 is 0 Å². The number of hydrogen-bond acceptors (Lipinski definition) is 1. The van der Waals surface area contributed by atoms with E-state index < -0.39 is 0 Å². The molecule has 1 fully saturated rings. The number of hydrogen-bond donors (Lipinski definition) is 0. The summed E-state index contributed by atoms with van der Waals surface area (Å²) in [7, 11) is 0. The second-order valence-corrected chi connectivity index (χ2v) is 13.5. The average molecular weight is 542 g/mol. The third-order valence-corrected chi connectivity index (χ3v) is 11.3. The van der Waals surface area contributed by atoms with Gasteiger partial charge in [-0.15, -0.1) is 0 Å². The fourth-order valence-corrected chi connectivity index (χ4v) is 9.17. The molecule has 0 heterocycles. The van der Waals surface area contributed by atoms with Crippen LogP contribution in [-0.2, 0) is 25.7 Å². The van der Waals surface area contributed by atoms with Gasteiger partial charge in [0, 0.05) is 23.3 Å². The molecule has 0 radical (unpaired) electrons. The minimum atomic E-state index is 0.708. The van der Waals surface area contributed by atoms with Crippen LogP contribution >= 0.6 is 0 Å². The monoisotopic (exact) mass is 541 g/mol. The van der Waals surface area contributed by atoms with Crippen molar-refractivity contribution in [2.75, 3.05) is 11.4 Å². The number of rotatable bonds is 4. The number of fused-ring (bicyclic) bond motifs is 1. The maximum Gasteiger partial charge on any atom is 0.0491 e. The Labute approximate surface area is 248 Å². The van der Waals surface area contributed by atoms with Gasteiger partial charge in [-0.25, -0.2) is 0 Å². The van der Waals surface area contributed by atoms with Crippen LogP contribution in [0.3, 0.4) is 0 Å². The summed E-state index contributed by atoms with van der Waals surface area (Å²) in [6, 6.07) is 19.3. The van der Waals surface area contributed by atoms with Gasteiger partial charge in [-0.1, -0.05) is 85.0 Å². The molecule has 1 heteroatoms. The van der Waals surface area contributed by atoms with Gasteiger partial charge in [0.1, 0.15) is 0 Å². The van der Waals surface area contributed by atoms with Crippen LogP contribution in [0.5, 0.6) is 0 Å². The molecule has 0 amide bonds. The standard InChI is InChI=1S/C41H35N/c1-3-27-10-12-31-17-21-36(34-19-15-29(5-1)38(27)40(31)34)42(24-25-7-8-26-9-14-33(26)23-25)37-22-18-32-13-11-28-4-2-6-30-16-20-35(37)41(32)39(28)30/h1-3,6,9-11,13-19,21-22,25-26,33H,4-5,7-8,12,20,23-24H2. The van der Waals surface area contributed by atoms with Gasteiger partial charge in [-0.3, -0.25) is 0 Å². The third-order valence-electron chi connectivity index (χ3n) is 11.3. The van der Waals surface area contributed by atoms with Gasteiger partial charge in [0.2, 0.25) is 0 Å². The van der Waals surface area contributed by atoms with Crippen molar-refractivity contribution in [3.8, 4) is 0 Å². The van der Waals surface area contributed by atoms with E-state index in [-0.39, 0.29) is 0 Å². The predicted octanol–water partition coefficient (Wildman–Crippen LogP) is 9.84. The van der Waals surface area contributed by atoms with Gasteiger partial charge < -0.3 is 4.90 Å². The maximum atomic E-state index is 2.77. The first-order valence-corrected chi connectivity index (χ1v) is 16.1. The number of anilines is 2. The molecule has 6 aliphatic carbocycles. The van der Waals surface area contributed by atoms with Crippen molar-refractivity contribution in [1.29, 1.82) is 0 Å². The molecule has 10 rings (SSSR count). The fourth-order valence-electron chi connectivity index (χ4n) is 9.17. The zero-order valence-electron chi connectivity index (χ0n) is 24.1. The highest BCUT2D eigenvalue weighted by molar-refractivity contribution is 6.09. The molecule has 1 nitrogen and oxygen atoms in total. The van der Waals surface area contributed by atoms with Crippen LogP contribution in [0.25, 0.3) is 32.7 Å². The predicted molar refractivity (Wildman–Crippen MR) is 177 cm³/mol. The van der Waals surface area contributed by atoms with Crippen LogP contribution < -0.4 is 4.90 Å². The topological polar surface area (TPSA) is 3.24 Å². The smallest absolute Gasteiger partial charge is 0.0491 e. The van der Waals surface area contributed by atoms with Crippen molar-refractivity contribution in [3.05, 3.63) is 131 Å². The Balaban J connectivity index is 1.19. The zero-order chi connectivity index (χ0) is 27.4. The number of allylic oxidation sites excluding steroid dienone is 10. The van der Waals surface area contributed by atoms with Crippen LogP contribution in [0.4, 0.5) is 11.4 Å². The highest BCUT2D eigenvalue weighted by Gasteiger charge is 2.34. The maximum absolute atomic E-state index is 2.77. The Hall–Kier alpha value is -4.10. The second-order valence-electron chi connectivity index (χ2n) is 13.5. The lowest BCUT2D eigenvalue weighted by molar-refractivity contribution is 0.232. The van der Waals surface area contributed by atoms with Gasteiger partial charge >= 0.3 is 0 Å². The highest BCUT2D eigenvalue weighted by atomic mass is 15.1. The minimum absolute atomic E-state index is 0.708. The largest absolute Gasteiger partial charge is 0.340 e. The lowest BCUT2D eigenvalue weighted by Crippen LogP contribution is -2.34. The van der Waals surface area contributed by atoms with Crippen LogP contribution in [0.1, 0.15) is 52.6 Å². The molecule has 0 N–H and O–H groups in total. The normalized spacial score (nSPS) is 23.9. The quantitative estimate of drug-likeness (QED) is 0.232. The molecule has 204 valence electrons. The van der Waals surface area contributed by atoms with Gasteiger partial charge in [-0.05, 0) is 136 Å². The van der Waals surface area contributed by atoms with Gasteiger partial charge in [0.25, 0.3) is 0 Å². The summed E-state index contributed by atoms with van der Waals surface area (Å²) in [4.78, 5) is 2.77. The molecule has 0 bridgehead atoms. The van der Waals surface area contributed by atoms with Crippen molar-refractivity contribution in [1.82, 2.24) is 0 Å². The van der Waals surface area contributed by atoms with E-state index in [0.29, 0.717) is 5.92 Å². The molecule has 0 saturated heterocycles. The molecule has 0 aliphatic heterocycles. The first-order chi connectivity index (χ1) is 20.8. The molecule has 3 unspecified atom stereocenters. The number of nitrogens with zero attached hydrogens (tertiary/aromatic N) is 1. The van der Waals surface area contributed by atoms with Gasteiger partial charge in [0.15, 0.2) is 0 Å². The van der Waals surface area contributed by atoms with Gasteiger partial charge in [0.05, 0.1) is 0 Å². The lowest BCUT2D eigenvalue weighted by atomic mass is 9.68. The molecule has 1 saturated carbocycles. The zero-order valence-corrected chi connectivity index (χ0v) is 24.1. The molecule has 42 heavy (non-hydrogen) atoms. The van der Waals surface area contributed by atoms with E-state index in [1.165, 1.54) is 96.7 Å². The number of benzene rings is 4. The molecule has 0 spiro atoms. The third kappa shape index (κ3) is 3.26. The first-order valence-electron chi connectivity index (χ1n) is 16.1. The molecular formula is C41H35N. The summed E-state index contributed by atoms with van der Waals surface area (Å²) in [5.74, 6) is 2.34. The van der Waals surface area contributed by atoms with Crippen LogP contribution in [-0.4, -0.2) is 6.54 Å². The van der Waals surface area contributed by atoms with Crippen molar-refractivity contribution >= 4 is 44.1 Å². The fraction of sp³-hybridized carbons (Fsp3) is 0.268. The summed E-state index contributed by atoms with van der Waals surface area (Å²) in [6.07, 6.45) is 27.4. The molecule has 3 atom stereocenters. The highest BCUT2D eigenvalue weighted by Crippen LogP contribution is 2.48. The summed E-state index contributed by atoms with van der Waals surface area (Å²) in [5.41, 5.74) is 14.6. The Morgan fingerprint density at radius 2 is 1.33 bits per heavy atom. The van der Waals surface area contributed by atoms with Crippen molar-refractivity contribution < 1.29 is 0 Å². The van der Waals surface area contributed by atoms with E-state index in [1.54, 1.807) is 0 Å². The van der Waals surface area contributed by atoms with Crippen molar-refractivity contribution in [3.63, 3.8) is 0 Å². The SMILES string of the molecule is C1=CC2=CCc3c(N(CC4CCC5C=CC5C4)c4ccc5c6c7c(ccc46)CC=CC7=CC5)ccc4ccc(c2c34)C1. The van der Waals surface area contributed by atoms with E-state index in [1.807, 2.05) is 0 Å². The lowest BCUT2D eigenvalue weighted by Gasteiger charge is -2.41. The van der Waals surface area contributed by atoms with Crippen LogP contribution in [0.15, 0.2) is 97.1 Å². The van der Waals surface area contributed by atoms with E-state index in [0.717, 1.165) is 44.1 Å². The Bertz CT molecular complexity index is 2010. The van der Waals surface area contributed by atoms with Crippen LogP contribution in [0.2, 0.25) is 0 Å². The minimum Gasteiger partial charge on any atom is -0.340 e. The molecule has 4 aromatic rings. The van der Waals surface area contributed by atoms with Crippen molar-refractivity contribution in [2.24, 2.45) is 17.8 Å². The van der Waals surface area contributed by atoms with E-state index in [9.17, 15) is 0 Å². The molecule has 0 aromatic heterocycles. The summed E-state index contributed by atoms with van der Waals surface area (Å²) in [6.45, 7) is 1.09. The molecule has 4 aromatic carbocycles. The molecule has 6 aliphatic rings. The van der Waals surface area contributed by atoms with E-state index in [4.69, 9.17) is 0 Å². The average Bonchev–Trinajstić information content (AvgIpc) is 3.03. The van der Waals surface area contributed by atoms with Crippen LogP contribution in [0, 0.1) is 17.8 Å². The van der Waals surface area contributed by atoms with Gasteiger partial charge in [-0.2, -0.15) is 0 Å². The first kappa shape index (κ1) is 23.5. The Morgan fingerprint density at radius 3 is 2.14 bits per heavy atom. The summed E-state index contributed by atoms with van der Waals surface area (Å²) < 4.78 is 0. The van der Waals surface area contributed by atoms with E-state index in [2.05, 4.69) is 102 Å². The van der Waals surface area contributed by atoms with Crippen molar-refractivity contribution in [2.45, 2.75) is 44.9 Å². The summed E-state index contributed by atoms with van der Waals surface area (Å²) >= 11 is 0. The molecular weight excluding hydrogens is 506 g/mol. The Kier molecular flexibility index (Phi) is 4.86.